The highest BCUT2D eigenvalue weighted by Gasteiger charge is 2.50. The summed E-state index contributed by atoms with van der Waals surface area (Å²) in [6.45, 7) is 9.11. The number of alkyl carbamates (subject to hydrolysis) is 1. The SMILES string of the molecule is CC(C)(C)OC(=O)N[C@@H](Cc1ccccc1)[C@H](O)C(=O)N1CSC(C)(C)[C@H]1C(=O)N[C@H]1CCc2ccccc21. The van der Waals surface area contributed by atoms with Gasteiger partial charge in [-0.05, 0) is 70.6 Å². The van der Waals surface area contributed by atoms with Crippen LogP contribution in [0.2, 0.25) is 0 Å². The molecule has 4 rings (SSSR count). The minimum atomic E-state index is -1.57. The standard InChI is InChI=1S/C30H39N3O5S/c1-29(2,3)38-28(37)32-23(17-19-11-7-6-8-12-19)24(34)27(36)33-18-39-30(4,5)25(33)26(35)31-22-16-15-20-13-9-10-14-21(20)22/h6-14,22-25,34H,15-18H2,1-5H3,(H,31,35)(H,32,37)/t22-,23-,24-,25+/m0/s1. The van der Waals surface area contributed by atoms with Gasteiger partial charge in [0.25, 0.3) is 5.91 Å². The average molecular weight is 554 g/mol. The van der Waals surface area contributed by atoms with Crippen LogP contribution in [0, 0.1) is 0 Å². The summed E-state index contributed by atoms with van der Waals surface area (Å²) in [7, 11) is 0. The summed E-state index contributed by atoms with van der Waals surface area (Å²) in [4.78, 5) is 41.5. The lowest BCUT2D eigenvalue weighted by Gasteiger charge is -2.34. The second-order valence-electron chi connectivity index (χ2n) is 11.8. The predicted octanol–water partition coefficient (Wildman–Crippen LogP) is 3.97. The Morgan fingerprint density at radius 3 is 2.46 bits per heavy atom. The number of aliphatic hydroxyl groups excluding tert-OH is 1. The zero-order valence-corrected chi connectivity index (χ0v) is 24.1. The number of hydrogen-bond donors (Lipinski definition) is 3. The zero-order valence-electron chi connectivity index (χ0n) is 23.3. The van der Waals surface area contributed by atoms with E-state index >= 15 is 0 Å². The van der Waals surface area contributed by atoms with Crippen LogP contribution in [0.3, 0.4) is 0 Å². The highest BCUT2D eigenvalue weighted by Crippen LogP contribution is 2.41. The predicted molar refractivity (Wildman–Crippen MR) is 152 cm³/mol. The number of nitrogens with zero attached hydrogens (tertiary/aromatic N) is 1. The van der Waals surface area contributed by atoms with Crippen LogP contribution in [0.1, 0.15) is 63.8 Å². The van der Waals surface area contributed by atoms with E-state index in [1.807, 2.05) is 62.4 Å². The molecule has 4 atom stereocenters. The molecule has 1 fully saturated rings. The van der Waals surface area contributed by atoms with E-state index in [9.17, 15) is 19.5 Å². The van der Waals surface area contributed by atoms with Gasteiger partial charge in [0.2, 0.25) is 5.91 Å². The number of carbonyl (C=O) groups excluding carboxylic acids is 3. The van der Waals surface area contributed by atoms with Crippen molar-refractivity contribution in [1.29, 1.82) is 0 Å². The fourth-order valence-electron chi connectivity index (χ4n) is 5.28. The summed E-state index contributed by atoms with van der Waals surface area (Å²) in [5.41, 5.74) is 2.43. The van der Waals surface area contributed by atoms with Crippen LogP contribution < -0.4 is 10.6 Å². The van der Waals surface area contributed by atoms with E-state index in [0.717, 1.165) is 24.0 Å². The molecule has 1 aliphatic heterocycles. The topological polar surface area (TPSA) is 108 Å². The molecule has 0 unspecified atom stereocenters. The molecule has 0 saturated carbocycles. The number of carbonyl (C=O) groups is 3. The summed E-state index contributed by atoms with van der Waals surface area (Å²) >= 11 is 1.49. The first-order valence-electron chi connectivity index (χ1n) is 13.4. The van der Waals surface area contributed by atoms with E-state index < -0.39 is 40.5 Å². The van der Waals surface area contributed by atoms with Gasteiger partial charge in [-0.15, -0.1) is 11.8 Å². The Morgan fingerprint density at radius 2 is 1.77 bits per heavy atom. The number of aliphatic hydroxyl groups is 1. The van der Waals surface area contributed by atoms with E-state index in [4.69, 9.17) is 4.74 Å². The van der Waals surface area contributed by atoms with E-state index in [1.165, 1.54) is 22.2 Å². The summed E-state index contributed by atoms with van der Waals surface area (Å²) in [5, 5.41) is 17.2. The van der Waals surface area contributed by atoms with Crippen molar-refractivity contribution in [3.8, 4) is 0 Å². The lowest BCUT2D eigenvalue weighted by molar-refractivity contribution is -0.147. The van der Waals surface area contributed by atoms with Crippen LogP contribution in [0.15, 0.2) is 54.6 Å². The van der Waals surface area contributed by atoms with Gasteiger partial charge in [-0.1, -0.05) is 54.6 Å². The van der Waals surface area contributed by atoms with Gasteiger partial charge in [0.15, 0.2) is 6.10 Å². The Labute approximate surface area is 234 Å². The molecule has 3 N–H and O–H groups in total. The fraction of sp³-hybridized carbons (Fsp3) is 0.500. The van der Waals surface area contributed by atoms with Gasteiger partial charge in [0.1, 0.15) is 11.6 Å². The molecule has 2 aromatic carbocycles. The van der Waals surface area contributed by atoms with Crippen LogP contribution in [0.25, 0.3) is 0 Å². The lowest BCUT2D eigenvalue weighted by Crippen LogP contribution is -2.59. The third kappa shape index (κ3) is 6.94. The van der Waals surface area contributed by atoms with Crippen LogP contribution >= 0.6 is 11.8 Å². The van der Waals surface area contributed by atoms with Crippen LogP contribution in [-0.2, 0) is 27.2 Å². The van der Waals surface area contributed by atoms with E-state index in [2.05, 4.69) is 16.7 Å². The Kier molecular flexibility index (Phi) is 8.61. The number of nitrogens with one attached hydrogen (secondary N) is 2. The number of fused-ring (bicyclic) bond motifs is 1. The average Bonchev–Trinajstić information content (AvgIpc) is 3.42. The second-order valence-corrected chi connectivity index (χ2v) is 13.4. The summed E-state index contributed by atoms with van der Waals surface area (Å²) in [6, 6.07) is 15.5. The molecule has 1 saturated heterocycles. The Bertz CT molecular complexity index is 1200. The molecule has 0 bridgehead atoms. The highest BCUT2D eigenvalue weighted by atomic mass is 32.2. The molecule has 2 aliphatic rings. The molecule has 8 nitrogen and oxygen atoms in total. The lowest BCUT2D eigenvalue weighted by atomic mass is 9.97. The second kappa shape index (κ2) is 11.6. The van der Waals surface area contributed by atoms with Crippen LogP contribution in [0.5, 0.6) is 0 Å². The van der Waals surface area contributed by atoms with Crippen molar-refractivity contribution < 1.29 is 24.2 Å². The fourth-order valence-corrected chi connectivity index (χ4v) is 6.42. The molecule has 0 radical (unpaired) electrons. The third-order valence-electron chi connectivity index (χ3n) is 7.16. The van der Waals surface area contributed by atoms with Crippen molar-refractivity contribution in [2.24, 2.45) is 0 Å². The number of ether oxygens (including phenoxy) is 1. The van der Waals surface area contributed by atoms with Gasteiger partial charge in [-0.25, -0.2) is 4.79 Å². The van der Waals surface area contributed by atoms with Gasteiger partial charge >= 0.3 is 6.09 Å². The first-order valence-corrected chi connectivity index (χ1v) is 14.4. The van der Waals surface area contributed by atoms with Crippen molar-refractivity contribution >= 4 is 29.7 Å². The number of hydrogen-bond acceptors (Lipinski definition) is 6. The Balaban J connectivity index is 1.53. The summed E-state index contributed by atoms with van der Waals surface area (Å²) < 4.78 is 4.84. The van der Waals surface area contributed by atoms with Gasteiger partial charge in [-0.3, -0.25) is 9.59 Å². The molecular formula is C30H39N3O5S. The number of rotatable bonds is 7. The maximum absolute atomic E-state index is 13.8. The number of thioether (sulfide) groups is 1. The molecule has 210 valence electrons. The number of benzene rings is 2. The monoisotopic (exact) mass is 553 g/mol. The minimum absolute atomic E-state index is 0.114. The smallest absolute Gasteiger partial charge is 0.407 e. The van der Waals surface area contributed by atoms with Crippen molar-refractivity contribution in [1.82, 2.24) is 15.5 Å². The van der Waals surface area contributed by atoms with Crippen LogP contribution in [0.4, 0.5) is 4.79 Å². The Hall–Kier alpha value is -3.04. The van der Waals surface area contributed by atoms with Crippen molar-refractivity contribution in [2.75, 3.05) is 5.88 Å². The van der Waals surface area contributed by atoms with Crippen molar-refractivity contribution in [3.63, 3.8) is 0 Å². The maximum atomic E-state index is 13.8. The third-order valence-corrected chi connectivity index (χ3v) is 8.54. The zero-order chi connectivity index (χ0) is 28.4. The highest BCUT2D eigenvalue weighted by molar-refractivity contribution is 8.00. The molecule has 39 heavy (non-hydrogen) atoms. The van der Waals surface area contributed by atoms with Crippen molar-refractivity contribution in [2.45, 2.75) is 88.5 Å². The van der Waals surface area contributed by atoms with E-state index in [-0.39, 0.29) is 24.2 Å². The molecule has 0 aromatic heterocycles. The summed E-state index contributed by atoms with van der Waals surface area (Å²) in [5.74, 6) is -0.587. The molecular weight excluding hydrogens is 514 g/mol. The molecule has 2 aromatic rings. The Morgan fingerprint density at radius 1 is 1.10 bits per heavy atom. The molecule has 0 spiro atoms. The van der Waals surface area contributed by atoms with E-state index in [0.29, 0.717) is 0 Å². The minimum Gasteiger partial charge on any atom is -0.444 e. The molecule has 3 amide bonds. The van der Waals surface area contributed by atoms with Gasteiger partial charge in [0.05, 0.1) is 18.0 Å². The van der Waals surface area contributed by atoms with Crippen molar-refractivity contribution in [3.05, 3.63) is 71.3 Å². The maximum Gasteiger partial charge on any atom is 0.407 e. The normalized spacial score (nSPS) is 21.5. The molecule has 1 aliphatic carbocycles. The van der Waals surface area contributed by atoms with E-state index in [1.54, 1.807) is 20.8 Å². The number of aryl methyl sites for hydroxylation is 1. The van der Waals surface area contributed by atoms with Crippen LogP contribution in [-0.4, -0.2) is 62.3 Å². The van der Waals surface area contributed by atoms with Gasteiger partial charge < -0.3 is 25.4 Å². The molecule has 1 heterocycles. The summed E-state index contributed by atoms with van der Waals surface area (Å²) in [6.07, 6.45) is -0.383. The van der Waals surface area contributed by atoms with Gasteiger partial charge in [-0.2, -0.15) is 0 Å². The van der Waals surface area contributed by atoms with Gasteiger partial charge in [0, 0.05) is 4.75 Å². The largest absolute Gasteiger partial charge is 0.444 e. The first-order chi connectivity index (χ1) is 18.4. The quantitative estimate of drug-likeness (QED) is 0.479. The molecule has 9 heteroatoms. The first kappa shape index (κ1) is 29.0. The number of amides is 3.